The molecule has 1 aromatic heterocycles. The van der Waals surface area contributed by atoms with E-state index in [-0.39, 0.29) is 0 Å². The van der Waals surface area contributed by atoms with Crippen LogP contribution in [0.2, 0.25) is 0 Å². The average molecular weight is 262 g/mol. The van der Waals surface area contributed by atoms with Crippen molar-refractivity contribution < 1.29 is 0 Å². The molecule has 1 N–H and O–H groups in total. The fourth-order valence-electron chi connectivity index (χ4n) is 2.36. The summed E-state index contributed by atoms with van der Waals surface area (Å²) in [7, 11) is 0. The smallest absolute Gasteiger partial charge is 0.0702 e. The number of rotatable bonds is 4. The molecule has 3 rings (SSSR count). The number of nitrogens with zero attached hydrogens (tertiary/aromatic N) is 1. The van der Waals surface area contributed by atoms with E-state index < -0.39 is 0 Å². The minimum Gasteiger partial charge on any atom is -0.313 e. The molecule has 0 saturated carbocycles. The van der Waals surface area contributed by atoms with E-state index in [0.717, 1.165) is 18.6 Å². The Balaban J connectivity index is 1.97. The third-order valence-electron chi connectivity index (χ3n) is 3.43. The van der Waals surface area contributed by atoms with Crippen LogP contribution in [0.25, 0.3) is 22.0 Å². The molecular weight excluding hydrogens is 244 g/mol. The summed E-state index contributed by atoms with van der Waals surface area (Å²) < 4.78 is 0. The number of hydrogen-bond acceptors (Lipinski definition) is 2. The molecule has 3 aromatic rings. The lowest BCUT2D eigenvalue weighted by molar-refractivity contribution is 0.727. The monoisotopic (exact) mass is 262 g/mol. The van der Waals surface area contributed by atoms with Gasteiger partial charge in [0.2, 0.25) is 0 Å². The van der Waals surface area contributed by atoms with Crippen LogP contribution in [0.1, 0.15) is 12.5 Å². The third kappa shape index (κ3) is 2.70. The molecule has 0 amide bonds. The second-order valence-corrected chi connectivity index (χ2v) is 4.90. The largest absolute Gasteiger partial charge is 0.313 e. The lowest BCUT2D eigenvalue weighted by Crippen LogP contribution is -2.11. The highest BCUT2D eigenvalue weighted by Gasteiger charge is 2.01. The summed E-state index contributed by atoms with van der Waals surface area (Å²) in [5.41, 5.74) is 4.73. The van der Waals surface area contributed by atoms with Crippen molar-refractivity contribution in [2.24, 2.45) is 0 Å². The molecule has 1 heterocycles. The summed E-state index contributed by atoms with van der Waals surface area (Å²) in [4.78, 5) is 4.53. The van der Waals surface area contributed by atoms with E-state index in [0.29, 0.717) is 0 Å². The van der Waals surface area contributed by atoms with Crippen molar-refractivity contribution in [3.05, 3.63) is 66.4 Å². The van der Waals surface area contributed by atoms with Crippen LogP contribution in [-0.2, 0) is 6.54 Å². The van der Waals surface area contributed by atoms with E-state index in [1.807, 2.05) is 18.3 Å². The Hall–Kier alpha value is -2.19. The first-order chi connectivity index (χ1) is 9.86. The zero-order chi connectivity index (χ0) is 13.8. The first kappa shape index (κ1) is 12.8. The fourth-order valence-corrected chi connectivity index (χ4v) is 2.36. The summed E-state index contributed by atoms with van der Waals surface area (Å²) in [6.07, 6.45) is 1.95. The number of hydrogen-bond donors (Lipinski definition) is 1. The lowest BCUT2D eigenvalue weighted by atomic mass is 10.0. The van der Waals surface area contributed by atoms with Gasteiger partial charge >= 0.3 is 0 Å². The van der Waals surface area contributed by atoms with Gasteiger partial charge in [-0.25, -0.2) is 0 Å². The van der Waals surface area contributed by atoms with Crippen molar-refractivity contribution in [2.75, 3.05) is 6.54 Å². The quantitative estimate of drug-likeness (QED) is 0.768. The van der Waals surface area contributed by atoms with Crippen LogP contribution in [-0.4, -0.2) is 11.5 Å². The van der Waals surface area contributed by atoms with Crippen molar-refractivity contribution in [1.82, 2.24) is 10.3 Å². The minimum absolute atomic E-state index is 0.908. The van der Waals surface area contributed by atoms with Gasteiger partial charge in [-0.1, -0.05) is 43.3 Å². The van der Waals surface area contributed by atoms with Gasteiger partial charge in [0.25, 0.3) is 0 Å². The Morgan fingerprint density at radius 3 is 2.75 bits per heavy atom. The fraction of sp³-hybridized carbons (Fsp3) is 0.167. The Morgan fingerprint density at radius 2 is 1.85 bits per heavy atom. The summed E-state index contributed by atoms with van der Waals surface area (Å²) in [6, 6.07) is 19.1. The molecular formula is C18H18N2. The third-order valence-corrected chi connectivity index (χ3v) is 3.43. The molecule has 0 saturated heterocycles. The summed E-state index contributed by atoms with van der Waals surface area (Å²) in [6.45, 7) is 4.02. The lowest BCUT2D eigenvalue weighted by Gasteiger charge is -2.07. The van der Waals surface area contributed by atoms with E-state index >= 15 is 0 Å². The van der Waals surface area contributed by atoms with Gasteiger partial charge < -0.3 is 5.32 Å². The van der Waals surface area contributed by atoms with Gasteiger partial charge in [0.1, 0.15) is 0 Å². The van der Waals surface area contributed by atoms with E-state index in [4.69, 9.17) is 0 Å². The van der Waals surface area contributed by atoms with Crippen LogP contribution >= 0.6 is 0 Å². The van der Waals surface area contributed by atoms with Gasteiger partial charge in [-0.05, 0) is 35.9 Å². The van der Waals surface area contributed by atoms with Crippen LogP contribution in [0.3, 0.4) is 0 Å². The molecule has 0 atom stereocenters. The molecule has 2 nitrogen and oxygen atoms in total. The van der Waals surface area contributed by atoms with Crippen molar-refractivity contribution in [1.29, 1.82) is 0 Å². The normalized spacial score (nSPS) is 10.8. The zero-order valence-electron chi connectivity index (χ0n) is 11.6. The number of benzene rings is 2. The molecule has 0 aliphatic rings. The van der Waals surface area contributed by atoms with Gasteiger partial charge in [0, 0.05) is 23.7 Å². The van der Waals surface area contributed by atoms with Crippen molar-refractivity contribution >= 4 is 10.9 Å². The predicted octanol–water partition coefficient (Wildman–Crippen LogP) is 4.01. The van der Waals surface area contributed by atoms with Crippen LogP contribution in [0, 0.1) is 0 Å². The molecule has 0 bridgehead atoms. The molecule has 0 radical (unpaired) electrons. The van der Waals surface area contributed by atoms with E-state index in [1.165, 1.54) is 22.1 Å². The SMILES string of the molecule is CCNCc1cccc(-c2cnc3ccccc3c2)c1. The number of pyridine rings is 1. The Morgan fingerprint density at radius 1 is 0.950 bits per heavy atom. The molecule has 2 aromatic carbocycles. The van der Waals surface area contributed by atoms with Crippen molar-refractivity contribution in [3.8, 4) is 11.1 Å². The first-order valence-corrected chi connectivity index (χ1v) is 7.01. The Kier molecular flexibility index (Phi) is 3.75. The van der Waals surface area contributed by atoms with Crippen molar-refractivity contribution in [3.63, 3.8) is 0 Å². The predicted molar refractivity (Wildman–Crippen MR) is 84.6 cm³/mol. The number of nitrogens with one attached hydrogen (secondary N) is 1. The van der Waals surface area contributed by atoms with Gasteiger partial charge in [-0.3, -0.25) is 4.98 Å². The van der Waals surface area contributed by atoms with Crippen LogP contribution in [0.5, 0.6) is 0 Å². The van der Waals surface area contributed by atoms with E-state index in [2.05, 4.69) is 59.7 Å². The summed E-state index contributed by atoms with van der Waals surface area (Å²) in [5.74, 6) is 0. The standard InChI is InChI=1S/C18H18N2/c1-2-19-12-14-6-5-8-15(10-14)17-11-16-7-3-4-9-18(16)20-13-17/h3-11,13,19H,2,12H2,1H3. The first-order valence-electron chi connectivity index (χ1n) is 7.01. The Labute approximate surface area is 119 Å². The second-order valence-electron chi connectivity index (χ2n) is 4.90. The molecule has 0 aliphatic carbocycles. The molecule has 100 valence electrons. The van der Waals surface area contributed by atoms with Gasteiger partial charge in [0.15, 0.2) is 0 Å². The van der Waals surface area contributed by atoms with E-state index in [1.54, 1.807) is 0 Å². The molecule has 0 fully saturated rings. The molecule has 2 heteroatoms. The summed E-state index contributed by atoms with van der Waals surface area (Å²) in [5, 5.41) is 4.54. The molecule has 0 unspecified atom stereocenters. The van der Waals surface area contributed by atoms with Crippen LogP contribution in [0.15, 0.2) is 60.8 Å². The van der Waals surface area contributed by atoms with Gasteiger partial charge in [-0.15, -0.1) is 0 Å². The maximum Gasteiger partial charge on any atom is 0.0702 e. The number of fused-ring (bicyclic) bond motifs is 1. The van der Waals surface area contributed by atoms with E-state index in [9.17, 15) is 0 Å². The van der Waals surface area contributed by atoms with Gasteiger partial charge in [-0.2, -0.15) is 0 Å². The van der Waals surface area contributed by atoms with Gasteiger partial charge in [0.05, 0.1) is 5.52 Å². The number of aromatic nitrogens is 1. The molecule has 0 aliphatic heterocycles. The maximum atomic E-state index is 4.53. The summed E-state index contributed by atoms with van der Waals surface area (Å²) >= 11 is 0. The second kappa shape index (κ2) is 5.85. The van der Waals surface area contributed by atoms with Crippen LogP contribution in [0.4, 0.5) is 0 Å². The number of para-hydroxylation sites is 1. The molecule has 0 spiro atoms. The van der Waals surface area contributed by atoms with Crippen molar-refractivity contribution in [2.45, 2.75) is 13.5 Å². The van der Waals surface area contributed by atoms with Crippen LogP contribution < -0.4 is 5.32 Å². The topological polar surface area (TPSA) is 24.9 Å². The Bertz CT molecular complexity index is 719. The highest BCUT2D eigenvalue weighted by molar-refractivity contribution is 5.83. The highest BCUT2D eigenvalue weighted by atomic mass is 14.8. The molecule has 20 heavy (non-hydrogen) atoms. The minimum atomic E-state index is 0.908. The zero-order valence-corrected chi connectivity index (χ0v) is 11.6. The highest BCUT2D eigenvalue weighted by Crippen LogP contribution is 2.23. The average Bonchev–Trinajstić information content (AvgIpc) is 2.53. The maximum absolute atomic E-state index is 4.53.